The van der Waals surface area contributed by atoms with Crippen LogP contribution in [-0.4, -0.2) is 10.9 Å². The van der Waals surface area contributed by atoms with Crippen LogP contribution in [0.3, 0.4) is 0 Å². The SMILES string of the molecule is O=C(NCc1cncc(-c2ccsc2)c1)c1cc2cc(F)ccc2s1. The summed E-state index contributed by atoms with van der Waals surface area (Å²) < 4.78 is 14.2. The summed E-state index contributed by atoms with van der Waals surface area (Å²) in [5.74, 6) is -0.462. The Kier molecular flexibility index (Phi) is 4.29. The molecule has 25 heavy (non-hydrogen) atoms. The molecule has 3 nitrogen and oxygen atoms in total. The monoisotopic (exact) mass is 368 g/mol. The average Bonchev–Trinajstić information content (AvgIpc) is 3.29. The standard InChI is InChI=1S/C19H13FN2OS2/c20-16-1-2-17-14(6-16)7-18(25-17)19(23)22-9-12-5-15(10-21-8-12)13-3-4-24-11-13/h1-8,10-11H,9H2,(H,22,23). The smallest absolute Gasteiger partial charge is 0.261 e. The molecule has 1 amide bonds. The van der Waals surface area contributed by atoms with Crippen LogP contribution >= 0.6 is 22.7 Å². The van der Waals surface area contributed by atoms with Gasteiger partial charge < -0.3 is 5.32 Å². The molecule has 0 bridgehead atoms. The van der Waals surface area contributed by atoms with Gasteiger partial charge in [-0.25, -0.2) is 4.39 Å². The topological polar surface area (TPSA) is 42.0 Å². The second kappa shape index (κ2) is 6.74. The van der Waals surface area contributed by atoms with Crippen LogP contribution in [0.1, 0.15) is 15.2 Å². The van der Waals surface area contributed by atoms with Crippen LogP contribution in [0.15, 0.2) is 59.6 Å². The van der Waals surface area contributed by atoms with Crippen LogP contribution in [-0.2, 0) is 6.54 Å². The number of rotatable bonds is 4. The summed E-state index contributed by atoms with van der Waals surface area (Å²) in [5, 5.41) is 7.74. The predicted molar refractivity (Wildman–Crippen MR) is 101 cm³/mol. The van der Waals surface area contributed by atoms with Gasteiger partial charge in [-0.05, 0) is 63.7 Å². The molecule has 0 fully saturated rings. The van der Waals surface area contributed by atoms with Crippen molar-refractivity contribution in [2.45, 2.75) is 6.54 Å². The van der Waals surface area contributed by atoms with Crippen LogP contribution in [0, 0.1) is 5.82 Å². The van der Waals surface area contributed by atoms with Crippen LogP contribution in [0.5, 0.6) is 0 Å². The number of halogens is 1. The maximum absolute atomic E-state index is 13.3. The van der Waals surface area contributed by atoms with Gasteiger partial charge in [-0.3, -0.25) is 9.78 Å². The summed E-state index contributed by atoms with van der Waals surface area (Å²) >= 11 is 2.99. The van der Waals surface area contributed by atoms with Crippen LogP contribution < -0.4 is 5.32 Å². The normalized spacial score (nSPS) is 10.9. The first-order chi connectivity index (χ1) is 12.2. The van der Waals surface area contributed by atoms with Crippen molar-refractivity contribution in [2.75, 3.05) is 0 Å². The van der Waals surface area contributed by atoms with Gasteiger partial charge in [0, 0.05) is 29.2 Å². The van der Waals surface area contributed by atoms with Crippen molar-refractivity contribution >= 4 is 38.7 Å². The van der Waals surface area contributed by atoms with E-state index >= 15 is 0 Å². The zero-order valence-corrected chi connectivity index (χ0v) is 14.7. The summed E-state index contributed by atoms with van der Waals surface area (Å²) in [6.45, 7) is 0.395. The number of thiophene rings is 2. The molecule has 6 heteroatoms. The van der Waals surface area contributed by atoms with Crippen LogP contribution in [0.25, 0.3) is 21.2 Å². The average molecular weight is 368 g/mol. The number of nitrogens with one attached hydrogen (secondary N) is 1. The summed E-state index contributed by atoms with van der Waals surface area (Å²) in [7, 11) is 0. The maximum Gasteiger partial charge on any atom is 0.261 e. The number of nitrogens with zero attached hydrogens (tertiary/aromatic N) is 1. The van der Waals surface area contributed by atoms with Crippen molar-refractivity contribution in [3.05, 3.63) is 75.8 Å². The molecule has 124 valence electrons. The molecule has 0 radical (unpaired) electrons. The fourth-order valence-corrected chi connectivity index (χ4v) is 4.19. The molecule has 3 aromatic heterocycles. The van der Waals surface area contributed by atoms with Crippen molar-refractivity contribution in [2.24, 2.45) is 0 Å². The van der Waals surface area contributed by atoms with Gasteiger partial charge in [0.2, 0.25) is 0 Å². The molecule has 0 unspecified atom stereocenters. The van der Waals surface area contributed by atoms with E-state index in [2.05, 4.69) is 15.7 Å². The third kappa shape index (κ3) is 3.45. The van der Waals surface area contributed by atoms with E-state index < -0.39 is 0 Å². The zero-order valence-electron chi connectivity index (χ0n) is 13.0. The minimum absolute atomic E-state index is 0.164. The van der Waals surface area contributed by atoms with Gasteiger partial charge in [-0.2, -0.15) is 11.3 Å². The van der Waals surface area contributed by atoms with Crippen molar-refractivity contribution in [1.29, 1.82) is 0 Å². The highest BCUT2D eigenvalue weighted by molar-refractivity contribution is 7.20. The van der Waals surface area contributed by atoms with Crippen molar-refractivity contribution in [3.63, 3.8) is 0 Å². The molecule has 0 aliphatic carbocycles. The number of fused-ring (bicyclic) bond motifs is 1. The Morgan fingerprint density at radius 3 is 2.88 bits per heavy atom. The highest BCUT2D eigenvalue weighted by Crippen LogP contribution is 2.26. The zero-order chi connectivity index (χ0) is 17.2. The first-order valence-electron chi connectivity index (χ1n) is 7.63. The molecular weight excluding hydrogens is 355 g/mol. The highest BCUT2D eigenvalue weighted by atomic mass is 32.1. The molecule has 3 heterocycles. The fourth-order valence-electron chi connectivity index (χ4n) is 2.57. The van der Waals surface area contributed by atoms with E-state index in [1.807, 2.05) is 23.7 Å². The summed E-state index contributed by atoms with van der Waals surface area (Å²) in [4.78, 5) is 17.2. The van der Waals surface area contributed by atoms with Crippen molar-refractivity contribution in [3.8, 4) is 11.1 Å². The quantitative estimate of drug-likeness (QED) is 0.545. The molecule has 0 saturated heterocycles. The molecule has 4 aromatic rings. The minimum atomic E-state index is -0.298. The Morgan fingerprint density at radius 2 is 2.04 bits per heavy atom. The Balaban J connectivity index is 1.48. The number of benzene rings is 1. The van der Waals surface area contributed by atoms with Gasteiger partial charge in [0.1, 0.15) is 5.82 Å². The van der Waals surface area contributed by atoms with Gasteiger partial charge in [-0.15, -0.1) is 11.3 Å². The third-order valence-electron chi connectivity index (χ3n) is 3.80. The van der Waals surface area contributed by atoms with E-state index in [1.54, 1.807) is 29.7 Å². The van der Waals surface area contributed by atoms with Gasteiger partial charge in [-0.1, -0.05) is 0 Å². The Labute approximate surface area is 151 Å². The molecule has 4 rings (SSSR count). The number of hydrogen-bond acceptors (Lipinski definition) is 4. The number of amides is 1. The third-order valence-corrected chi connectivity index (χ3v) is 5.60. The number of carbonyl (C=O) groups excluding carboxylic acids is 1. The summed E-state index contributed by atoms with van der Waals surface area (Å²) in [6.07, 6.45) is 3.56. The Bertz CT molecular complexity index is 1040. The van der Waals surface area contributed by atoms with Crippen LogP contribution in [0.4, 0.5) is 4.39 Å². The first-order valence-corrected chi connectivity index (χ1v) is 9.39. The van der Waals surface area contributed by atoms with E-state index in [0.29, 0.717) is 11.4 Å². The lowest BCUT2D eigenvalue weighted by molar-refractivity contribution is 0.0955. The van der Waals surface area contributed by atoms with E-state index in [9.17, 15) is 9.18 Å². The highest BCUT2D eigenvalue weighted by Gasteiger charge is 2.11. The van der Waals surface area contributed by atoms with Gasteiger partial charge >= 0.3 is 0 Å². The van der Waals surface area contributed by atoms with Crippen LogP contribution in [0.2, 0.25) is 0 Å². The molecular formula is C19H13FN2OS2. The number of hydrogen-bond donors (Lipinski definition) is 1. The first kappa shape index (κ1) is 15.9. The van der Waals surface area contributed by atoms with Crippen molar-refractivity contribution < 1.29 is 9.18 Å². The van der Waals surface area contributed by atoms with Gasteiger partial charge in [0.15, 0.2) is 0 Å². The number of carbonyl (C=O) groups is 1. The summed E-state index contributed by atoms with van der Waals surface area (Å²) in [6, 6.07) is 10.3. The fraction of sp³-hybridized carbons (Fsp3) is 0.0526. The molecule has 0 atom stereocenters. The summed E-state index contributed by atoms with van der Waals surface area (Å²) in [5.41, 5.74) is 3.09. The maximum atomic E-state index is 13.3. The minimum Gasteiger partial charge on any atom is -0.347 e. The van der Waals surface area contributed by atoms with E-state index in [0.717, 1.165) is 26.8 Å². The Morgan fingerprint density at radius 1 is 1.12 bits per heavy atom. The number of pyridine rings is 1. The number of aromatic nitrogens is 1. The van der Waals surface area contributed by atoms with E-state index in [1.165, 1.54) is 23.5 Å². The lowest BCUT2D eigenvalue weighted by Crippen LogP contribution is -2.21. The second-order valence-electron chi connectivity index (χ2n) is 5.57. The van der Waals surface area contributed by atoms with E-state index in [4.69, 9.17) is 0 Å². The molecule has 0 aliphatic heterocycles. The lowest BCUT2D eigenvalue weighted by Gasteiger charge is -2.05. The Hall–Kier alpha value is -2.57. The second-order valence-corrected chi connectivity index (χ2v) is 7.43. The van der Waals surface area contributed by atoms with E-state index in [-0.39, 0.29) is 11.7 Å². The molecule has 0 spiro atoms. The van der Waals surface area contributed by atoms with Gasteiger partial charge in [0.25, 0.3) is 5.91 Å². The van der Waals surface area contributed by atoms with Gasteiger partial charge in [0.05, 0.1) is 4.88 Å². The molecule has 0 saturated carbocycles. The van der Waals surface area contributed by atoms with Crippen molar-refractivity contribution in [1.82, 2.24) is 10.3 Å². The largest absolute Gasteiger partial charge is 0.347 e. The molecule has 0 aliphatic rings. The molecule has 1 N–H and O–H groups in total. The predicted octanol–water partition coefficient (Wildman–Crippen LogP) is 5.09. The lowest BCUT2D eigenvalue weighted by atomic mass is 10.1. The molecule has 1 aromatic carbocycles.